The number of H-pyrrole nitrogens is 1. The van der Waals surface area contributed by atoms with E-state index in [0.29, 0.717) is 43.4 Å². The van der Waals surface area contributed by atoms with Crippen LogP contribution >= 0.6 is 0 Å². The summed E-state index contributed by atoms with van der Waals surface area (Å²) in [5, 5.41) is 2.94. The van der Waals surface area contributed by atoms with Crippen LogP contribution in [0.3, 0.4) is 0 Å². The fraction of sp³-hybridized carbons (Fsp3) is 0.722. The van der Waals surface area contributed by atoms with E-state index in [-0.39, 0.29) is 80.7 Å². The van der Waals surface area contributed by atoms with Crippen molar-refractivity contribution in [3.63, 3.8) is 0 Å². The van der Waals surface area contributed by atoms with E-state index in [1.165, 1.54) is 62.4 Å². The molecule has 0 saturated heterocycles. The molecule has 2 N–H and O–H groups in total. The summed E-state index contributed by atoms with van der Waals surface area (Å²) in [6.07, 6.45) is 41.8. The Hall–Kier alpha value is -6.52. The Labute approximate surface area is 584 Å². The Morgan fingerprint density at radius 2 is 0.876 bits per heavy atom. The standard InChI is InChI=1S/C79H125N7O11/c1-5-8-11-14-23-32-44-62-94-72(89)49-37-26-17-20-29-40-56-84(57-41-30-21-18-27-38-50-73(90)95-63-45-33-24-15-12-9-6-2)60-47-61-85(58-42-31-22-19-28-39-51-74(91)96-64-46-34-25-16-13-10-7-3)59-43-35-36-48-71(88)80-76-75-77(83-78(82-76)97-66-65-93-4)86(79(92)81-75)67-69-52-54-70(68-87)55-53-69/h52-55,68H,5-31,35-43,47-51,56-67H2,1-4H3,(H,81,92)(H,80,82,83,88). The second kappa shape index (κ2) is 59.5. The van der Waals surface area contributed by atoms with Crippen molar-refractivity contribution in [3.05, 3.63) is 45.9 Å². The number of rotatable bonds is 60. The fourth-order valence-corrected chi connectivity index (χ4v) is 11.4. The summed E-state index contributed by atoms with van der Waals surface area (Å²) in [5.74, 6) is 17.8. The lowest BCUT2D eigenvalue weighted by Crippen LogP contribution is -2.32. The summed E-state index contributed by atoms with van der Waals surface area (Å²) < 4.78 is 28.5. The number of hydrogen-bond donors (Lipinski definition) is 2. The largest absolute Gasteiger partial charge is 0.461 e. The Morgan fingerprint density at radius 1 is 0.485 bits per heavy atom. The first kappa shape index (κ1) is 84.7. The van der Waals surface area contributed by atoms with Crippen molar-refractivity contribution in [2.45, 2.75) is 291 Å². The van der Waals surface area contributed by atoms with E-state index in [2.05, 4.69) is 86.4 Å². The summed E-state index contributed by atoms with van der Waals surface area (Å²) in [5.41, 5.74) is 1.46. The Balaban J connectivity index is 1.57. The topological polar surface area (TPSA) is 214 Å². The number of imidazole rings is 1. The molecular weight excluding hydrogens is 1220 g/mol. The maximum Gasteiger partial charge on any atom is 0.328 e. The van der Waals surface area contributed by atoms with Crippen LogP contribution < -0.4 is 15.7 Å². The van der Waals surface area contributed by atoms with Gasteiger partial charge in [-0.3, -0.25) is 28.5 Å². The molecule has 1 amide bonds. The van der Waals surface area contributed by atoms with Crippen molar-refractivity contribution >= 4 is 47.1 Å². The van der Waals surface area contributed by atoms with Crippen molar-refractivity contribution in [1.29, 1.82) is 0 Å². The van der Waals surface area contributed by atoms with Crippen LogP contribution in [-0.4, -0.2) is 139 Å². The van der Waals surface area contributed by atoms with Crippen molar-refractivity contribution in [1.82, 2.24) is 29.3 Å². The van der Waals surface area contributed by atoms with Crippen LogP contribution in [0, 0.1) is 35.5 Å². The number of carbonyl (C=O) groups is 5. The molecule has 18 nitrogen and oxygen atoms in total. The molecule has 0 saturated carbocycles. The highest BCUT2D eigenvalue weighted by Crippen LogP contribution is 2.23. The monoisotopic (exact) mass is 1350 g/mol. The fourth-order valence-electron chi connectivity index (χ4n) is 11.4. The predicted molar refractivity (Wildman–Crippen MR) is 390 cm³/mol. The Morgan fingerprint density at radius 3 is 1.30 bits per heavy atom. The van der Waals surface area contributed by atoms with Gasteiger partial charge in [0, 0.05) is 57.6 Å². The van der Waals surface area contributed by atoms with Gasteiger partial charge in [-0.25, -0.2) is 4.79 Å². The first-order valence-corrected chi connectivity index (χ1v) is 37.9. The van der Waals surface area contributed by atoms with Crippen molar-refractivity contribution in [3.8, 4) is 41.5 Å². The molecule has 542 valence electrons. The third-order valence-electron chi connectivity index (χ3n) is 17.2. The molecule has 97 heavy (non-hydrogen) atoms. The summed E-state index contributed by atoms with van der Waals surface area (Å²) in [4.78, 5) is 92.4. The molecule has 0 unspecified atom stereocenters. The number of aromatic nitrogens is 4. The number of fused-ring (bicyclic) bond motifs is 1. The number of nitrogens with one attached hydrogen (secondary N) is 2. The Kier molecular flexibility index (Phi) is 52.0. The van der Waals surface area contributed by atoms with Gasteiger partial charge in [-0.2, -0.15) is 9.97 Å². The lowest BCUT2D eigenvalue weighted by Gasteiger charge is -2.26. The molecule has 2 heterocycles. The van der Waals surface area contributed by atoms with E-state index in [0.717, 1.165) is 224 Å². The van der Waals surface area contributed by atoms with Gasteiger partial charge >= 0.3 is 29.6 Å². The predicted octanol–water partition coefficient (Wildman–Crippen LogP) is 16.2. The molecule has 2 aromatic heterocycles. The minimum absolute atomic E-state index is 0.00324. The first-order valence-electron chi connectivity index (χ1n) is 37.9. The van der Waals surface area contributed by atoms with Gasteiger partial charge in [-0.15, -0.1) is 0 Å². The quantitative estimate of drug-likeness (QED) is 0.0177. The molecular formula is C79H125N7O11. The molecule has 18 heteroatoms. The number of ether oxygens (including phenoxy) is 5. The Bertz CT molecular complexity index is 2760. The number of aldehydes is 1. The second-order valence-corrected chi connectivity index (χ2v) is 25.8. The second-order valence-electron chi connectivity index (χ2n) is 25.8. The molecule has 0 aliphatic carbocycles. The molecule has 0 fully saturated rings. The highest BCUT2D eigenvalue weighted by Gasteiger charge is 2.19. The normalized spacial score (nSPS) is 11.0. The number of amides is 1. The molecule has 3 aromatic rings. The van der Waals surface area contributed by atoms with Crippen molar-refractivity contribution in [2.24, 2.45) is 0 Å². The number of carbonyl (C=O) groups excluding carboxylic acids is 5. The lowest BCUT2D eigenvalue weighted by molar-refractivity contribution is -0.143. The van der Waals surface area contributed by atoms with Crippen LogP contribution in [0.2, 0.25) is 0 Å². The SMILES string of the molecule is CCCCCCC#CCOC(=O)CCCCCCCCN(CCCCCCCCC(=O)OCC#CCCCCCC)CCCN(CCCCCCCCC(=O)OCC#CCCCCCC)CCCCCC(=O)Nc1nc(OCCOC)nc2c1[nH]c(=O)n2Cc1ccc(C=O)cc1. The minimum Gasteiger partial charge on any atom is -0.461 e. The molecule has 0 radical (unpaired) electrons. The zero-order valence-corrected chi connectivity index (χ0v) is 60.6. The smallest absolute Gasteiger partial charge is 0.328 e. The van der Waals surface area contributed by atoms with Gasteiger partial charge in [-0.05, 0) is 122 Å². The highest BCUT2D eigenvalue weighted by atomic mass is 16.5. The number of nitrogens with zero attached hydrogens (tertiary/aromatic N) is 5. The molecule has 0 bridgehead atoms. The van der Waals surface area contributed by atoms with Gasteiger partial charge < -0.3 is 43.8 Å². The number of hydrogen-bond acceptors (Lipinski definition) is 15. The average molecular weight is 1350 g/mol. The van der Waals surface area contributed by atoms with E-state index in [1.54, 1.807) is 31.4 Å². The van der Waals surface area contributed by atoms with E-state index in [9.17, 15) is 28.8 Å². The summed E-state index contributed by atoms with van der Waals surface area (Å²) in [6.45, 7) is 13.9. The number of esters is 3. The molecule has 1 aromatic carbocycles. The van der Waals surface area contributed by atoms with Crippen LogP contribution in [0.1, 0.15) is 300 Å². The highest BCUT2D eigenvalue weighted by molar-refractivity contribution is 5.97. The van der Waals surface area contributed by atoms with Crippen LogP contribution in [-0.2, 0) is 44.7 Å². The van der Waals surface area contributed by atoms with Crippen LogP contribution in [0.25, 0.3) is 11.2 Å². The molecule has 3 rings (SSSR count). The first-order chi connectivity index (χ1) is 47.6. The maximum absolute atomic E-state index is 13.6. The summed E-state index contributed by atoms with van der Waals surface area (Å²) in [7, 11) is 1.56. The van der Waals surface area contributed by atoms with Crippen LogP contribution in [0.4, 0.5) is 5.82 Å². The number of anilines is 1. The average Bonchev–Trinajstić information content (AvgIpc) is 1.65. The van der Waals surface area contributed by atoms with Gasteiger partial charge in [0.2, 0.25) is 5.91 Å². The van der Waals surface area contributed by atoms with Gasteiger partial charge in [0.25, 0.3) is 0 Å². The van der Waals surface area contributed by atoms with Gasteiger partial charge in [0.1, 0.15) is 18.4 Å². The van der Waals surface area contributed by atoms with Gasteiger partial charge in [-0.1, -0.05) is 222 Å². The molecule has 0 aliphatic heterocycles. The third kappa shape index (κ3) is 44.9. The molecule has 0 aliphatic rings. The summed E-state index contributed by atoms with van der Waals surface area (Å²) in [6, 6.07) is 6.95. The number of unbranched alkanes of at least 4 members (excludes halogenated alkanes) is 29. The van der Waals surface area contributed by atoms with Crippen LogP contribution in [0.15, 0.2) is 29.1 Å². The van der Waals surface area contributed by atoms with Crippen molar-refractivity contribution < 1.29 is 47.7 Å². The van der Waals surface area contributed by atoms with Gasteiger partial charge in [0.15, 0.2) is 31.3 Å². The van der Waals surface area contributed by atoms with E-state index < -0.39 is 5.69 Å². The third-order valence-corrected chi connectivity index (χ3v) is 17.2. The number of methoxy groups -OCH3 is 1. The molecule has 0 spiro atoms. The van der Waals surface area contributed by atoms with Gasteiger partial charge in [0.05, 0.1) is 13.2 Å². The van der Waals surface area contributed by atoms with Crippen LogP contribution in [0.5, 0.6) is 6.01 Å². The molecule has 0 atom stereocenters. The van der Waals surface area contributed by atoms with Crippen molar-refractivity contribution in [2.75, 3.05) is 84.7 Å². The zero-order chi connectivity index (χ0) is 69.7. The number of benzene rings is 1. The maximum atomic E-state index is 13.6. The van der Waals surface area contributed by atoms with E-state index in [1.807, 2.05) is 0 Å². The lowest BCUT2D eigenvalue weighted by atomic mass is 10.1. The zero-order valence-electron chi connectivity index (χ0n) is 60.6. The number of aromatic amines is 1. The van der Waals surface area contributed by atoms with E-state index >= 15 is 0 Å². The van der Waals surface area contributed by atoms with E-state index in [4.69, 9.17) is 23.7 Å². The minimum atomic E-state index is -0.424. The summed E-state index contributed by atoms with van der Waals surface area (Å²) >= 11 is 0.